The fourth-order valence-electron chi connectivity index (χ4n) is 6.53. The number of carbonyl (C=O) groups is 2. The number of nitrogens with zero attached hydrogens (tertiary/aromatic N) is 2. The van der Waals surface area contributed by atoms with Crippen molar-refractivity contribution < 1.29 is 46.8 Å². The van der Waals surface area contributed by atoms with E-state index in [-0.39, 0.29) is 28.4 Å². The second-order valence-electron chi connectivity index (χ2n) is 12.4. The Morgan fingerprint density at radius 3 is 1.65 bits per heavy atom. The molecule has 2 aromatic rings. The number of phenolic OH excluding ortho intramolecular Hbond substituents is 2. The van der Waals surface area contributed by atoms with E-state index in [9.17, 15) is 10.2 Å². The third-order valence-corrected chi connectivity index (χ3v) is 8.33. The summed E-state index contributed by atoms with van der Waals surface area (Å²) in [7, 11) is 0. The summed E-state index contributed by atoms with van der Waals surface area (Å²) in [5.74, 6) is -0.742. The van der Waals surface area contributed by atoms with Gasteiger partial charge < -0.3 is 30.0 Å². The van der Waals surface area contributed by atoms with Crippen molar-refractivity contribution in [2.24, 2.45) is 15.9 Å². The van der Waals surface area contributed by atoms with E-state index in [0.717, 1.165) is 107 Å². The van der Waals surface area contributed by atoms with Gasteiger partial charge in [0, 0.05) is 35.5 Å². The number of hydrogen-bond donors (Lipinski definition) is 2. The van der Waals surface area contributed by atoms with Crippen molar-refractivity contribution >= 4 is 24.4 Å². The van der Waals surface area contributed by atoms with Gasteiger partial charge in [-0.15, -0.1) is 0 Å². The first-order valence-electron chi connectivity index (χ1n) is 16.5. The Bertz CT molecular complexity index is 1320. The summed E-state index contributed by atoms with van der Waals surface area (Å²) in [5, 5.41) is 39.7. The van der Waals surface area contributed by atoms with Gasteiger partial charge in [-0.25, -0.2) is 0 Å². The van der Waals surface area contributed by atoms with Crippen LogP contribution in [-0.4, -0.2) is 46.2 Å². The van der Waals surface area contributed by atoms with Crippen molar-refractivity contribution in [3.63, 3.8) is 0 Å². The first-order chi connectivity index (χ1) is 21.4. The number of rotatable bonds is 12. The molecule has 2 fully saturated rings. The fraction of sp³-hybridized carbons (Fsp3) is 0.568. The van der Waals surface area contributed by atoms with Gasteiger partial charge in [0.05, 0.1) is 11.6 Å². The first kappa shape index (κ1) is 40.8. The van der Waals surface area contributed by atoms with Crippen LogP contribution >= 0.6 is 0 Å². The molecule has 2 N–H and O–H groups in total. The van der Waals surface area contributed by atoms with Crippen LogP contribution in [-0.2, 0) is 52.1 Å². The molecule has 0 aromatic heterocycles. The molecule has 0 aliphatic heterocycles. The molecule has 2 aliphatic rings. The van der Waals surface area contributed by atoms with E-state index in [1.165, 1.54) is 17.5 Å². The zero-order valence-corrected chi connectivity index (χ0v) is 29.4. The summed E-state index contributed by atoms with van der Waals surface area (Å²) in [5.41, 5.74) is 6.09. The zero-order chi connectivity index (χ0) is 33.6. The summed E-state index contributed by atoms with van der Waals surface area (Å²) in [4.78, 5) is 28.1. The predicted molar refractivity (Wildman–Crippen MR) is 177 cm³/mol. The van der Waals surface area contributed by atoms with E-state index >= 15 is 0 Å². The monoisotopic (exact) mass is 679 g/mol. The van der Waals surface area contributed by atoms with Gasteiger partial charge in [-0.05, 0) is 106 Å². The Morgan fingerprint density at radius 1 is 0.804 bits per heavy atom. The van der Waals surface area contributed by atoms with Crippen LogP contribution in [0.4, 0.5) is 0 Å². The minimum atomic E-state index is -1.08. The number of hydrogen-bond acceptors (Lipinski definition) is 8. The molecule has 4 rings (SSSR count). The van der Waals surface area contributed by atoms with E-state index in [2.05, 4.69) is 52.0 Å². The molecule has 2 aromatic carbocycles. The van der Waals surface area contributed by atoms with Gasteiger partial charge in [-0.2, -0.15) is 0 Å². The van der Waals surface area contributed by atoms with Gasteiger partial charge >= 0.3 is 16.8 Å². The number of carboxylic acids is 2. The standard InChI is InChI=1S/C33H46N2O2.2C2H4O2.Co/c1-5-9-23-15-26(11-7-3)31(36)28(17-23)21-34-30-19-25-13-14-33(30,20-25)35-22-29-18-24(10-6-2)16-27(12-8-4)32(29)37;2*1-2(3)4;/h15-18,21-22,25,30,36-37H,5-14,19-20H2,1-4H3;2*1H3,(H,3,4);/q;;;+2/p-2. The SMILES string of the molecule is CC(=O)[O-].CC(=O)[O-].CCCc1cc(C=NC2CC3CCC2(N=Cc2cc(CCC)cc(CCC)c2O)C3)c(O)c(CCC)c1.[Co+2]. The molecule has 0 saturated heterocycles. The second-order valence-corrected chi connectivity index (χ2v) is 12.4. The fourth-order valence-corrected chi connectivity index (χ4v) is 6.53. The molecule has 3 atom stereocenters. The smallest absolute Gasteiger partial charge is 0.550 e. The van der Waals surface area contributed by atoms with E-state index in [1.54, 1.807) is 0 Å². The van der Waals surface area contributed by atoms with Gasteiger partial charge in [0.25, 0.3) is 0 Å². The van der Waals surface area contributed by atoms with Gasteiger partial charge in [-0.3, -0.25) is 9.98 Å². The molecule has 46 heavy (non-hydrogen) atoms. The van der Waals surface area contributed by atoms with E-state index in [0.29, 0.717) is 17.4 Å². The molecule has 0 heterocycles. The van der Waals surface area contributed by atoms with Crippen LogP contribution in [0.3, 0.4) is 0 Å². The molecular formula is C37H52CoN2O6. The Labute approximate surface area is 285 Å². The molecule has 0 amide bonds. The van der Waals surface area contributed by atoms with Crippen molar-refractivity contribution in [1.29, 1.82) is 0 Å². The quantitative estimate of drug-likeness (QED) is 0.293. The maximum absolute atomic E-state index is 11.0. The number of phenols is 2. The molecular weight excluding hydrogens is 627 g/mol. The minimum Gasteiger partial charge on any atom is -0.550 e. The zero-order valence-electron chi connectivity index (χ0n) is 28.4. The van der Waals surface area contributed by atoms with Crippen LogP contribution < -0.4 is 10.2 Å². The van der Waals surface area contributed by atoms with Crippen molar-refractivity contribution in [1.82, 2.24) is 0 Å². The van der Waals surface area contributed by atoms with Crippen LogP contribution in [0.25, 0.3) is 0 Å². The van der Waals surface area contributed by atoms with Gasteiger partial charge in [-0.1, -0.05) is 65.5 Å². The topological polar surface area (TPSA) is 145 Å². The number of aliphatic imine (C=N–C) groups is 2. The average molecular weight is 680 g/mol. The number of aliphatic carboxylic acids is 2. The first-order valence-corrected chi connectivity index (χ1v) is 16.5. The summed E-state index contributed by atoms with van der Waals surface area (Å²) in [6.45, 7) is 10.6. The Kier molecular flexibility index (Phi) is 17.9. The van der Waals surface area contributed by atoms with Gasteiger partial charge in [0.1, 0.15) is 11.5 Å². The third kappa shape index (κ3) is 12.2. The van der Waals surface area contributed by atoms with Crippen molar-refractivity contribution in [2.75, 3.05) is 0 Å². The van der Waals surface area contributed by atoms with Crippen LogP contribution in [0.2, 0.25) is 0 Å². The van der Waals surface area contributed by atoms with Crippen LogP contribution in [0.5, 0.6) is 11.5 Å². The largest absolute Gasteiger partial charge is 2.00 e. The van der Waals surface area contributed by atoms with Gasteiger partial charge in [0.15, 0.2) is 0 Å². The Morgan fingerprint density at radius 2 is 1.24 bits per heavy atom. The van der Waals surface area contributed by atoms with Crippen molar-refractivity contribution in [3.8, 4) is 11.5 Å². The molecule has 9 heteroatoms. The molecule has 3 unspecified atom stereocenters. The maximum Gasteiger partial charge on any atom is 2.00 e. The van der Waals surface area contributed by atoms with Crippen LogP contribution in [0.15, 0.2) is 34.3 Å². The molecule has 255 valence electrons. The van der Waals surface area contributed by atoms with E-state index in [4.69, 9.17) is 29.8 Å². The molecule has 2 bridgehead atoms. The molecule has 8 nitrogen and oxygen atoms in total. The summed E-state index contributed by atoms with van der Waals surface area (Å²) in [6, 6.07) is 8.66. The van der Waals surface area contributed by atoms with Crippen molar-refractivity contribution in [2.45, 2.75) is 130 Å². The second kappa shape index (κ2) is 20.1. The molecule has 0 spiro atoms. The normalized spacial score (nSPS) is 19.7. The van der Waals surface area contributed by atoms with Crippen molar-refractivity contribution in [3.05, 3.63) is 57.6 Å². The summed E-state index contributed by atoms with van der Waals surface area (Å²) in [6.07, 6.45) is 16.2. The Hall–Kier alpha value is -3.17. The van der Waals surface area contributed by atoms with E-state index < -0.39 is 11.9 Å². The number of carbonyl (C=O) groups excluding carboxylic acids is 2. The number of aromatic hydroxyl groups is 2. The number of benzene rings is 2. The molecule has 2 aliphatic carbocycles. The average Bonchev–Trinajstić information content (AvgIpc) is 3.53. The van der Waals surface area contributed by atoms with Crippen LogP contribution in [0.1, 0.15) is 126 Å². The Balaban J connectivity index is 0.00000106. The third-order valence-electron chi connectivity index (χ3n) is 8.33. The minimum absolute atomic E-state index is 0. The van der Waals surface area contributed by atoms with Gasteiger partial charge in [0.2, 0.25) is 0 Å². The van der Waals surface area contributed by atoms with E-state index in [1.807, 2.05) is 12.4 Å². The number of aryl methyl sites for hydroxylation is 4. The summed E-state index contributed by atoms with van der Waals surface area (Å²) >= 11 is 0. The predicted octanol–water partition coefficient (Wildman–Crippen LogP) is 5.27. The number of fused-ring (bicyclic) bond motifs is 2. The molecule has 1 radical (unpaired) electrons. The maximum atomic E-state index is 11.0. The summed E-state index contributed by atoms with van der Waals surface area (Å²) < 4.78 is 0. The van der Waals surface area contributed by atoms with Crippen LogP contribution in [0, 0.1) is 5.92 Å². The molecule has 2 saturated carbocycles. The number of carboxylic acid groups (broad SMARTS) is 2.